The summed E-state index contributed by atoms with van der Waals surface area (Å²) < 4.78 is 4.51. The standard InChI is InChI=1S/C10H16O4/c1-5-14-9(13)7(11)6-8(12)10(2,3)4/h6,11H,5H2,1-4H3/b7-6-. The Hall–Kier alpha value is -1.32. The Kier molecular flexibility index (Phi) is 4.34. The van der Waals surface area contributed by atoms with Gasteiger partial charge in [0, 0.05) is 11.5 Å². The van der Waals surface area contributed by atoms with E-state index in [0.717, 1.165) is 6.08 Å². The van der Waals surface area contributed by atoms with Gasteiger partial charge in [0.1, 0.15) is 0 Å². The molecule has 14 heavy (non-hydrogen) atoms. The number of rotatable bonds is 3. The molecule has 0 rings (SSSR count). The number of hydrogen-bond acceptors (Lipinski definition) is 4. The summed E-state index contributed by atoms with van der Waals surface area (Å²) in [6.45, 7) is 6.88. The second-order valence-electron chi connectivity index (χ2n) is 3.86. The average molecular weight is 200 g/mol. The molecular weight excluding hydrogens is 184 g/mol. The van der Waals surface area contributed by atoms with Crippen LogP contribution >= 0.6 is 0 Å². The number of carbonyl (C=O) groups excluding carboxylic acids is 2. The van der Waals surface area contributed by atoms with Crippen LogP contribution in [0.15, 0.2) is 11.8 Å². The van der Waals surface area contributed by atoms with Crippen molar-refractivity contribution in [2.45, 2.75) is 27.7 Å². The van der Waals surface area contributed by atoms with Gasteiger partial charge in [-0.2, -0.15) is 0 Å². The highest BCUT2D eigenvalue weighted by Gasteiger charge is 2.21. The SMILES string of the molecule is CCOC(=O)/C(O)=C/C(=O)C(C)(C)C. The summed E-state index contributed by atoms with van der Waals surface area (Å²) >= 11 is 0. The highest BCUT2D eigenvalue weighted by Crippen LogP contribution is 2.15. The second-order valence-corrected chi connectivity index (χ2v) is 3.86. The van der Waals surface area contributed by atoms with E-state index in [1.807, 2.05) is 0 Å². The van der Waals surface area contributed by atoms with E-state index in [-0.39, 0.29) is 12.4 Å². The Balaban J connectivity index is 4.53. The van der Waals surface area contributed by atoms with E-state index in [0.29, 0.717) is 0 Å². The van der Waals surface area contributed by atoms with Crippen molar-refractivity contribution in [2.75, 3.05) is 6.61 Å². The van der Waals surface area contributed by atoms with E-state index in [9.17, 15) is 9.59 Å². The molecule has 0 saturated heterocycles. The summed E-state index contributed by atoms with van der Waals surface area (Å²) in [5.41, 5.74) is -0.611. The van der Waals surface area contributed by atoms with Gasteiger partial charge in [-0.15, -0.1) is 0 Å². The first kappa shape index (κ1) is 12.7. The van der Waals surface area contributed by atoms with Crippen molar-refractivity contribution in [3.63, 3.8) is 0 Å². The van der Waals surface area contributed by atoms with Gasteiger partial charge in [0.2, 0.25) is 5.76 Å². The number of aliphatic hydroxyl groups excluding tert-OH is 1. The molecule has 0 aromatic carbocycles. The maximum atomic E-state index is 11.3. The highest BCUT2D eigenvalue weighted by molar-refractivity contribution is 6.00. The molecular formula is C10H16O4. The van der Waals surface area contributed by atoms with Gasteiger partial charge in [-0.05, 0) is 6.92 Å². The zero-order valence-electron chi connectivity index (χ0n) is 8.96. The fourth-order valence-corrected chi connectivity index (χ4v) is 0.605. The minimum atomic E-state index is -0.870. The molecule has 0 aromatic heterocycles. The number of ketones is 1. The van der Waals surface area contributed by atoms with Crippen LogP contribution in [0.3, 0.4) is 0 Å². The molecule has 0 radical (unpaired) electrons. The molecule has 80 valence electrons. The quantitative estimate of drug-likeness (QED) is 0.427. The summed E-state index contributed by atoms with van der Waals surface area (Å²) in [5, 5.41) is 9.15. The van der Waals surface area contributed by atoms with E-state index in [4.69, 9.17) is 5.11 Å². The van der Waals surface area contributed by atoms with Crippen LogP contribution in [0.4, 0.5) is 0 Å². The third-order valence-electron chi connectivity index (χ3n) is 1.49. The van der Waals surface area contributed by atoms with Gasteiger partial charge in [-0.3, -0.25) is 4.79 Å². The second kappa shape index (κ2) is 4.79. The van der Waals surface area contributed by atoms with Crippen LogP contribution in [0, 0.1) is 5.41 Å². The van der Waals surface area contributed by atoms with Crippen LogP contribution in [0.5, 0.6) is 0 Å². The molecule has 0 spiro atoms. The lowest BCUT2D eigenvalue weighted by molar-refractivity contribution is -0.141. The summed E-state index contributed by atoms with van der Waals surface area (Å²) in [4.78, 5) is 22.3. The minimum Gasteiger partial charge on any atom is -0.502 e. The zero-order valence-corrected chi connectivity index (χ0v) is 8.96. The van der Waals surface area contributed by atoms with Gasteiger partial charge in [0.05, 0.1) is 6.61 Å². The summed E-state index contributed by atoms with van der Waals surface area (Å²) in [7, 11) is 0. The predicted octanol–water partition coefficient (Wildman–Crippen LogP) is 1.61. The van der Waals surface area contributed by atoms with E-state index in [2.05, 4.69) is 4.74 Å². The molecule has 0 fully saturated rings. The Labute approximate surface area is 83.6 Å². The number of ether oxygens (including phenoxy) is 1. The predicted molar refractivity (Wildman–Crippen MR) is 51.8 cm³/mol. The third kappa shape index (κ3) is 4.07. The summed E-state index contributed by atoms with van der Waals surface area (Å²) in [5.74, 6) is -1.83. The number of esters is 1. The van der Waals surface area contributed by atoms with Crippen molar-refractivity contribution in [1.82, 2.24) is 0 Å². The van der Waals surface area contributed by atoms with Gasteiger partial charge in [0.25, 0.3) is 0 Å². The summed E-state index contributed by atoms with van der Waals surface area (Å²) in [6.07, 6.45) is 0.901. The Morgan fingerprint density at radius 1 is 1.36 bits per heavy atom. The Morgan fingerprint density at radius 2 is 1.86 bits per heavy atom. The molecule has 1 N–H and O–H groups in total. The van der Waals surface area contributed by atoms with Crippen molar-refractivity contribution in [1.29, 1.82) is 0 Å². The molecule has 4 heteroatoms. The Bertz CT molecular complexity index is 258. The highest BCUT2D eigenvalue weighted by atomic mass is 16.5. The van der Waals surface area contributed by atoms with Crippen LogP contribution in [-0.4, -0.2) is 23.5 Å². The van der Waals surface area contributed by atoms with Crippen molar-refractivity contribution < 1.29 is 19.4 Å². The van der Waals surface area contributed by atoms with Gasteiger partial charge >= 0.3 is 5.97 Å². The average Bonchev–Trinajstić information content (AvgIpc) is 2.02. The third-order valence-corrected chi connectivity index (χ3v) is 1.49. The number of carbonyl (C=O) groups is 2. The van der Waals surface area contributed by atoms with Gasteiger partial charge in [-0.25, -0.2) is 4.79 Å². The van der Waals surface area contributed by atoms with Crippen LogP contribution in [0.25, 0.3) is 0 Å². The first-order chi connectivity index (χ1) is 6.29. The molecule has 0 aromatic rings. The van der Waals surface area contributed by atoms with E-state index < -0.39 is 17.1 Å². The van der Waals surface area contributed by atoms with Gasteiger partial charge in [0.15, 0.2) is 5.78 Å². The van der Waals surface area contributed by atoms with Crippen LogP contribution in [0.1, 0.15) is 27.7 Å². The molecule has 0 amide bonds. The molecule has 0 atom stereocenters. The first-order valence-electron chi connectivity index (χ1n) is 4.41. The van der Waals surface area contributed by atoms with Crippen LogP contribution in [-0.2, 0) is 14.3 Å². The number of hydrogen-bond donors (Lipinski definition) is 1. The maximum absolute atomic E-state index is 11.3. The lowest BCUT2D eigenvalue weighted by atomic mass is 9.90. The molecule has 0 aliphatic carbocycles. The normalized spacial score (nSPS) is 12.4. The van der Waals surface area contributed by atoms with E-state index >= 15 is 0 Å². The van der Waals surface area contributed by atoms with Crippen molar-refractivity contribution >= 4 is 11.8 Å². The molecule has 0 unspecified atom stereocenters. The first-order valence-corrected chi connectivity index (χ1v) is 4.41. The molecule has 0 saturated carbocycles. The molecule has 0 heterocycles. The largest absolute Gasteiger partial charge is 0.502 e. The van der Waals surface area contributed by atoms with Crippen LogP contribution in [0.2, 0.25) is 0 Å². The fourth-order valence-electron chi connectivity index (χ4n) is 0.605. The molecule has 0 aliphatic rings. The zero-order chi connectivity index (χ0) is 11.4. The smallest absolute Gasteiger partial charge is 0.373 e. The van der Waals surface area contributed by atoms with E-state index in [1.165, 1.54) is 0 Å². The lowest BCUT2D eigenvalue weighted by Gasteiger charge is -2.13. The van der Waals surface area contributed by atoms with Gasteiger partial charge < -0.3 is 9.84 Å². The van der Waals surface area contributed by atoms with Crippen molar-refractivity contribution in [3.05, 3.63) is 11.8 Å². The number of aliphatic hydroxyl groups is 1. The summed E-state index contributed by atoms with van der Waals surface area (Å²) in [6, 6.07) is 0. The molecule has 0 bridgehead atoms. The maximum Gasteiger partial charge on any atom is 0.373 e. The van der Waals surface area contributed by atoms with Crippen molar-refractivity contribution in [2.24, 2.45) is 5.41 Å². The monoisotopic (exact) mass is 200 g/mol. The number of allylic oxidation sites excluding steroid dienone is 1. The topological polar surface area (TPSA) is 63.6 Å². The Morgan fingerprint density at radius 3 is 2.21 bits per heavy atom. The molecule has 0 aliphatic heterocycles. The van der Waals surface area contributed by atoms with Gasteiger partial charge in [-0.1, -0.05) is 20.8 Å². The lowest BCUT2D eigenvalue weighted by Crippen LogP contribution is -2.19. The fraction of sp³-hybridized carbons (Fsp3) is 0.600. The van der Waals surface area contributed by atoms with Crippen LogP contribution < -0.4 is 0 Å². The van der Waals surface area contributed by atoms with E-state index in [1.54, 1.807) is 27.7 Å². The molecule has 4 nitrogen and oxygen atoms in total. The minimum absolute atomic E-state index is 0.167. The van der Waals surface area contributed by atoms with Crippen molar-refractivity contribution in [3.8, 4) is 0 Å².